The monoisotopic (exact) mass is 365 g/mol. The molecular weight excluding hydrogens is 341 g/mol. The van der Waals surface area contributed by atoms with Crippen LogP contribution in [0.3, 0.4) is 0 Å². The van der Waals surface area contributed by atoms with Gasteiger partial charge in [-0.25, -0.2) is 4.39 Å². The molecule has 0 amide bonds. The van der Waals surface area contributed by atoms with E-state index < -0.39 is 0 Å². The Morgan fingerprint density at radius 3 is 2.64 bits per heavy atom. The average molecular weight is 365 g/mol. The van der Waals surface area contributed by atoms with E-state index in [1.807, 2.05) is 26.0 Å². The number of halogens is 1. The summed E-state index contributed by atoms with van der Waals surface area (Å²) in [6.07, 6.45) is 0. The number of benzene rings is 1. The second-order valence-electron chi connectivity index (χ2n) is 5.81. The van der Waals surface area contributed by atoms with Gasteiger partial charge in [-0.05, 0) is 37.6 Å². The van der Waals surface area contributed by atoms with E-state index in [-0.39, 0.29) is 17.3 Å². The van der Waals surface area contributed by atoms with Crippen LogP contribution < -0.4 is 4.74 Å². The Balaban J connectivity index is 1.95. The predicted molar refractivity (Wildman–Crippen MR) is 99.2 cm³/mol. The summed E-state index contributed by atoms with van der Waals surface area (Å²) in [7, 11) is 3.10. The van der Waals surface area contributed by atoms with Gasteiger partial charge in [0.25, 0.3) is 0 Å². The van der Waals surface area contributed by atoms with Crippen molar-refractivity contribution in [2.45, 2.75) is 26.1 Å². The van der Waals surface area contributed by atoms with E-state index in [9.17, 15) is 9.18 Å². The molecule has 25 heavy (non-hydrogen) atoms. The summed E-state index contributed by atoms with van der Waals surface area (Å²) < 4.78 is 25.8. The van der Waals surface area contributed by atoms with Crippen LogP contribution in [0.4, 0.5) is 4.39 Å². The van der Waals surface area contributed by atoms with Crippen molar-refractivity contribution in [1.29, 1.82) is 0 Å². The molecule has 0 spiro atoms. The maximum Gasteiger partial charge on any atom is 0.174 e. The van der Waals surface area contributed by atoms with Gasteiger partial charge in [0.2, 0.25) is 0 Å². The van der Waals surface area contributed by atoms with Crippen LogP contribution in [0, 0.1) is 19.7 Å². The summed E-state index contributed by atoms with van der Waals surface area (Å²) in [4.78, 5) is 12.5. The van der Waals surface area contributed by atoms with Crippen LogP contribution in [0.5, 0.6) is 5.75 Å². The molecule has 0 aliphatic heterocycles. The van der Waals surface area contributed by atoms with Gasteiger partial charge in [0.1, 0.15) is 0 Å². The molecule has 4 nitrogen and oxygen atoms in total. The summed E-state index contributed by atoms with van der Waals surface area (Å²) >= 11 is 1.48. The summed E-state index contributed by atoms with van der Waals surface area (Å²) in [6, 6.07) is 6.81. The van der Waals surface area contributed by atoms with Gasteiger partial charge in [0.05, 0.1) is 19.5 Å². The number of ether oxygens (including phenoxy) is 2. The van der Waals surface area contributed by atoms with Crippen molar-refractivity contribution < 1.29 is 18.7 Å². The highest BCUT2D eigenvalue weighted by molar-refractivity contribution is 7.99. The Labute approximate surface area is 152 Å². The normalized spacial score (nSPS) is 10.9. The van der Waals surface area contributed by atoms with E-state index in [0.717, 1.165) is 29.1 Å². The Bertz CT molecular complexity index is 743. The number of carbonyl (C=O) groups excluding carboxylic acids is 1. The molecule has 1 aromatic carbocycles. The Kier molecular flexibility index (Phi) is 7.08. The minimum Gasteiger partial charge on any atom is -0.494 e. The third-order valence-electron chi connectivity index (χ3n) is 4.11. The van der Waals surface area contributed by atoms with Crippen molar-refractivity contribution in [3.63, 3.8) is 0 Å². The van der Waals surface area contributed by atoms with Crippen molar-refractivity contribution in [3.8, 4) is 5.75 Å². The standard InChI is InChI=1S/C19H24FNO3S/c1-13-9-16(14(2)21(13)7-8-23-3)18(22)12-25-11-15-5-6-19(24-4)17(20)10-15/h5-6,9-10H,7-8,11-12H2,1-4H3. The van der Waals surface area contributed by atoms with Crippen LogP contribution in [0.25, 0.3) is 0 Å². The minimum absolute atomic E-state index is 0.0933. The zero-order valence-corrected chi connectivity index (χ0v) is 15.9. The Hall–Kier alpha value is -1.79. The lowest BCUT2D eigenvalue weighted by atomic mass is 10.2. The van der Waals surface area contributed by atoms with Gasteiger partial charge in [-0.2, -0.15) is 0 Å². The molecule has 0 aliphatic carbocycles. The first kappa shape index (κ1) is 19.5. The molecule has 2 aromatic rings. The summed E-state index contributed by atoms with van der Waals surface area (Å²) in [5.41, 5.74) is 3.61. The molecule has 6 heteroatoms. The van der Waals surface area contributed by atoms with Crippen molar-refractivity contribution in [3.05, 3.63) is 52.6 Å². The van der Waals surface area contributed by atoms with Crippen molar-refractivity contribution in [2.24, 2.45) is 0 Å². The first-order valence-corrected chi connectivity index (χ1v) is 9.22. The molecule has 2 rings (SSSR count). The third-order valence-corrected chi connectivity index (χ3v) is 5.11. The maximum atomic E-state index is 13.7. The van der Waals surface area contributed by atoms with Crippen molar-refractivity contribution in [2.75, 3.05) is 26.6 Å². The molecule has 1 aromatic heterocycles. The van der Waals surface area contributed by atoms with E-state index >= 15 is 0 Å². The van der Waals surface area contributed by atoms with Crippen LogP contribution in [-0.2, 0) is 17.0 Å². The van der Waals surface area contributed by atoms with Crippen LogP contribution in [-0.4, -0.2) is 36.9 Å². The average Bonchev–Trinajstić information content (AvgIpc) is 2.87. The number of thioether (sulfide) groups is 1. The van der Waals surface area contributed by atoms with Gasteiger partial charge < -0.3 is 14.0 Å². The number of rotatable bonds is 9. The number of carbonyl (C=O) groups is 1. The van der Waals surface area contributed by atoms with Gasteiger partial charge in [0.15, 0.2) is 17.3 Å². The number of hydrogen-bond acceptors (Lipinski definition) is 4. The van der Waals surface area contributed by atoms with Crippen LogP contribution in [0.2, 0.25) is 0 Å². The third kappa shape index (κ3) is 4.86. The molecule has 136 valence electrons. The van der Waals surface area contributed by atoms with Gasteiger partial charge in [-0.1, -0.05) is 6.07 Å². The number of aromatic nitrogens is 1. The number of aryl methyl sites for hydroxylation is 1. The number of Topliss-reactive ketones (excluding diaryl/α,β-unsaturated/α-hetero) is 1. The van der Waals surface area contributed by atoms with Gasteiger partial charge in [-0.15, -0.1) is 11.8 Å². The van der Waals surface area contributed by atoms with E-state index in [4.69, 9.17) is 9.47 Å². The molecule has 0 N–H and O–H groups in total. The summed E-state index contributed by atoms with van der Waals surface area (Å²) in [6.45, 7) is 5.30. The van der Waals surface area contributed by atoms with Crippen molar-refractivity contribution in [1.82, 2.24) is 4.57 Å². The lowest BCUT2D eigenvalue weighted by molar-refractivity contribution is 0.102. The minimum atomic E-state index is -0.381. The highest BCUT2D eigenvalue weighted by atomic mass is 32.2. The summed E-state index contributed by atoms with van der Waals surface area (Å²) in [5.74, 6) is 0.884. The van der Waals surface area contributed by atoms with E-state index in [1.165, 1.54) is 24.9 Å². The van der Waals surface area contributed by atoms with Crippen LogP contribution >= 0.6 is 11.8 Å². The SMILES string of the molecule is COCCn1c(C)cc(C(=O)CSCc2ccc(OC)c(F)c2)c1C. The van der Waals surface area contributed by atoms with Gasteiger partial charge >= 0.3 is 0 Å². The molecule has 0 radical (unpaired) electrons. The van der Waals surface area contributed by atoms with Crippen LogP contribution in [0.1, 0.15) is 27.3 Å². The largest absolute Gasteiger partial charge is 0.494 e. The fraction of sp³-hybridized carbons (Fsp3) is 0.421. The van der Waals surface area contributed by atoms with E-state index in [1.54, 1.807) is 13.2 Å². The smallest absolute Gasteiger partial charge is 0.174 e. The molecule has 0 saturated carbocycles. The molecule has 0 fully saturated rings. The quantitative estimate of drug-likeness (QED) is 0.630. The summed E-state index contributed by atoms with van der Waals surface area (Å²) in [5, 5.41) is 0. The maximum absolute atomic E-state index is 13.7. The van der Waals surface area contributed by atoms with Crippen molar-refractivity contribution >= 4 is 17.5 Å². The number of methoxy groups -OCH3 is 2. The number of ketones is 1. The topological polar surface area (TPSA) is 40.5 Å². The molecule has 0 bridgehead atoms. The molecule has 0 saturated heterocycles. The van der Waals surface area contributed by atoms with Gasteiger partial charge in [-0.3, -0.25) is 4.79 Å². The number of nitrogens with zero attached hydrogens (tertiary/aromatic N) is 1. The number of hydrogen-bond donors (Lipinski definition) is 0. The van der Waals surface area contributed by atoms with Gasteiger partial charge in [0, 0.05) is 36.4 Å². The highest BCUT2D eigenvalue weighted by Gasteiger charge is 2.15. The predicted octanol–water partition coefficient (Wildman–Crippen LogP) is 4.02. The molecule has 0 aliphatic rings. The Morgan fingerprint density at radius 1 is 1.24 bits per heavy atom. The first-order chi connectivity index (χ1) is 12.0. The zero-order chi connectivity index (χ0) is 18.4. The van der Waals surface area contributed by atoms with E-state index in [2.05, 4.69) is 4.57 Å². The molecular formula is C19H24FNO3S. The molecule has 0 atom stereocenters. The lowest BCUT2D eigenvalue weighted by Gasteiger charge is -2.09. The zero-order valence-electron chi connectivity index (χ0n) is 15.1. The first-order valence-electron chi connectivity index (χ1n) is 8.07. The fourth-order valence-corrected chi connectivity index (χ4v) is 3.61. The van der Waals surface area contributed by atoms with E-state index in [0.29, 0.717) is 18.1 Å². The second kappa shape index (κ2) is 9.06. The molecule has 0 unspecified atom stereocenters. The second-order valence-corrected chi connectivity index (χ2v) is 6.80. The molecule has 1 heterocycles. The highest BCUT2D eigenvalue weighted by Crippen LogP contribution is 2.22. The fourth-order valence-electron chi connectivity index (χ4n) is 2.75. The Morgan fingerprint density at radius 2 is 2.00 bits per heavy atom. The lowest BCUT2D eigenvalue weighted by Crippen LogP contribution is -2.09. The van der Waals surface area contributed by atoms with Crippen LogP contribution in [0.15, 0.2) is 24.3 Å².